The van der Waals surface area contributed by atoms with Crippen LogP contribution >= 0.6 is 23.2 Å². The second-order valence-electron chi connectivity index (χ2n) is 8.01. The predicted octanol–water partition coefficient (Wildman–Crippen LogP) is 6.13. The van der Waals surface area contributed by atoms with Crippen LogP contribution in [-0.2, 0) is 0 Å². The van der Waals surface area contributed by atoms with Crippen LogP contribution in [-0.4, -0.2) is 27.9 Å². The fourth-order valence-electron chi connectivity index (χ4n) is 4.62. The predicted molar refractivity (Wildman–Crippen MR) is 116 cm³/mol. The molecule has 2 aromatic carbocycles. The first-order valence-corrected chi connectivity index (χ1v) is 10.7. The highest BCUT2D eigenvalue weighted by Gasteiger charge is 2.58. The normalized spacial score (nSPS) is 28.9. The molecule has 150 valence electrons. The van der Waals surface area contributed by atoms with E-state index in [2.05, 4.69) is 19.9 Å². The lowest BCUT2D eigenvalue weighted by atomic mass is 9.80. The number of urea groups is 1. The lowest BCUT2D eigenvalue weighted by Crippen LogP contribution is -2.57. The molecule has 1 saturated carbocycles. The smallest absolute Gasteiger partial charge is 0.312 e. The van der Waals surface area contributed by atoms with Gasteiger partial charge in [-0.2, -0.15) is 5.26 Å². The molecule has 1 aliphatic heterocycles. The van der Waals surface area contributed by atoms with Gasteiger partial charge in [0, 0.05) is 10.7 Å². The van der Waals surface area contributed by atoms with Crippen molar-refractivity contribution in [1.82, 2.24) is 4.90 Å². The minimum Gasteiger partial charge on any atom is -0.312 e. The summed E-state index contributed by atoms with van der Waals surface area (Å²) < 4.78 is 0. The van der Waals surface area contributed by atoms with Gasteiger partial charge in [0.1, 0.15) is 0 Å². The van der Waals surface area contributed by atoms with E-state index in [0.29, 0.717) is 10.6 Å². The van der Waals surface area contributed by atoms with Crippen molar-refractivity contribution in [2.45, 2.75) is 56.1 Å². The SMILES string of the molecule is CC[C@]1(C)[C@H](c2cccc(C#N)c2)N(c2ccc(Cl)cc2)C(=O)N1[C@@H]1CCC1Cl. The highest BCUT2D eigenvalue weighted by molar-refractivity contribution is 6.30. The maximum absolute atomic E-state index is 13.8. The fourth-order valence-corrected chi connectivity index (χ4v) is 5.11. The number of hydrogen-bond acceptors (Lipinski definition) is 2. The molecule has 29 heavy (non-hydrogen) atoms. The van der Waals surface area contributed by atoms with Gasteiger partial charge in [-0.1, -0.05) is 30.7 Å². The van der Waals surface area contributed by atoms with E-state index in [1.165, 1.54) is 0 Å². The Labute approximate surface area is 181 Å². The van der Waals surface area contributed by atoms with Gasteiger partial charge in [-0.25, -0.2) is 4.79 Å². The zero-order valence-corrected chi connectivity index (χ0v) is 18.0. The number of carbonyl (C=O) groups excluding carboxylic acids is 1. The number of amides is 2. The average molecular weight is 428 g/mol. The van der Waals surface area contributed by atoms with Crippen molar-refractivity contribution in [3.63, 3.8) is 0 Å². The van der Waals surface area contributed by atoms with E-state index in [4.69, 9.17) is 23.2 Å². The van der Waals surface area contributed by atoms with Gasteiger partial charge in [-0.3, -0.25) is 4.90 Å². The summed E-state index contributed by atoms with van der Waals surface area (Å²) in [5.41, 5.74) is 1.87. The number of anilines is 1. The Hall–Kier alpha value is -2.22. The number of halogens is 2. The van der Waals surface area contributed by atoms with Gasteiger partial charge < -0.3 is 4.90 Å². The second kappa shape index (κ2) is 7.55. The molecule has 4 atom stereocenters. The zero-order valence-electron chi connectivity index (χ0n) is 16.5. The minimum atomic E-state index is -0.455. The van der Waals surface area contributed by atoms with E-state index in [-0.39, 0.29) is 23.5 Å². The molecule has 6 heteroatoms. The molecule has 0 bridgehead atoms. The number of benzene rings is 2. The zero-order chi connectivity index (χ0) is 20.8. The molecule has 4 rings (SSSR count). The lowest BCUT2D eigenvalue weighted by molar-refractivity contribution is 0.0728. The maximum Gasteiger partial charge on any atom is 0.325 e. The molecule has 2 aliphatic rings. The topological polar surface area (TPSA) is 47.3 Å². The van der Waals surface area contributed by atoms with Gasteiger partial charge in [-0.05, 0) is 68.1 Å². The molecule has 1 saturated heterocycles. The van der Waals surface area contributed by atoms with Crippen molar-refractivity contribution in [3.05, 3.63) is 64.7 Å². The van der Waals surface area contributed by atoms with E-state index in [0.717, 1.165) is 30.5 Å². The van der Waals surface area contributed by atoms with Crippen molar-refractivity contribution in [3.8, 4) is 6.07 Å². The summed E-state index contributed by atoms with van der Waals surface area (Å²) in [6.07, 6.45) is 2.60. The second-order valence-corrected chi connectivity index (χ2v) is 9.01. The standard InChI is InChI=1S/C23H23Cl2N3O/c1-3-23(2)21(16-6-4-5-15(13-16)14-26)27(18-9-7-17(24)8-10-18)22(29)28(23)20-12-11-19(20)25/h4-10,13,19-21H,3,11-12H2,1-2H3/t19?,20-,21+,23-/m1/s1. The highest BCUT2D eigenvalue weighted by Crippen LogP contribution is 2.51. The molecule has 4 nitrogen and oxygen atoms in total. The van der Waals surface area contributed by atoms with Crippen LogP contribution in [0.3, 0.4) is 0 Å². The Morgan fingerprint density at radius 3 is 2.48 bits per heavy atom. The van der Waals surface area contributed by atoms with Crippen molar-refractivity contribution in [2.24, 2.45) is 0 Å². The van der Waals surface area contributed by atoms with Gasteiger partial charge >= 0.3 is 6.03 Å². The summed E-state index contributed by atoms with van der Waals surface area (Å²) in [6, 6.07) is 16.9. The average Bonchev–Trinajstić information content (AvgIpc) is 2.96. The third-order valence-electron chi connectivity index (χ3n) is 6.45. The molecular formula is C23H23Cl2N3O. The van der Waals surface area contributed by atoms with Gasteiger partial charge in [0.25, 0.3) is 0 Å². The van der Waals surface area contributed by atoms with Gasteiger partial charge in [0.2, 0.25) is 0 Å². The summed E-state index contributed by atoms with van der Waals surface area (Å²) in [4.78, 5) is 17.6. The molecule has 0 spiro atoms. The highest BCUT2D eigenvalue weighted by atomic mass is 35.5. The third-order valence-corrected chi connectivity index (χ3v) is 7.21. The van der Waals surface area contributed by atoms with Crippen LogP contribution in [0, 0.1) is 11.3 Å². The number of alkyl halides is 1. The minimum absolute atomic E-state index is 0.0214. The molecule has 1 heterocycles. The number of nitrogens with zero attached hydrogens (tertiary/aromatic N) is 3. The molecule has 0 radical (unpaired) electrons. The Kier molecular flexibility index (Phi) is 5.23. The van der Waals surface area contributed by atoms with E-state index >= 15 is 0 Å². The summed E-state index contributed by atoms with van der Waals surface area (Å²) in [5.74, 6) is 0. The molecule has 2 fully saturated rings. The molecule has 1 aliphatic carbocycles. The maximum atomic E-state index is 13.8. The van der Waals surface area contributed by atoms with Crippen molar-refractivity contribution in [2.75, 3.05) is 4.90 Å². The van der Waals surface area contributed by atoms with Crippen LogP contribution in [0.2, 0.25) is 5.02 Å². The van der Waals surface area contributed by atoms with Crippen LogP contribution in [0.25, 0.3) is 0 Å². The van der Waals surface area contributed by atoms with E-state index in [9.17, 15) is 10.1 Å². The van der Waals surface area contributed by atoms with Crippen LogP contribution in [0.1, 0.15) is 50.3 Å². The van der Waals surface area contributed by atoms with Crippen LogP contribution < -0.4 is 4.90 Å². The van der Waals surface area contributed by atoms with Gasteiger partial charge in [0.05, 0.1) is 34.6 Å². The Morgan fingerprint density at radius 2 is 1.93 bits per heavy atom. The summed E-state index contributed by atoms with van der Waals surface area (Å²) >= 11 is 12.6. The van der Waals surface area contributed by atoms with Crippen LogP contribution in [0.5, 0.6) is 0 Å². The number of hydrogen-bond donors (Lipinski definition) is 0. The van der Waals surface area contributed by atoms with Crippen molar-refractivity contribution >= 4 is 34.9 Å². The Bertz CT molecular complexity index is 971. The van der Waals surface area contributed by atoms with E-state index in [1.807, 2.05) is 40.1 Å². The number of nitriles is 1. The quantitative estimate of drug-likeness (QED) is 0.550. The Morgan fingerprint density at radius 1 is 1.21 bits per heavy atom. The summed E-state index contributed by atoms with van der Waals surface area (Å²) in [7, 11) is 0. The van der Waals surface area contributed by atoms with E-state index in [1.54, 1.807) is 18.2 Å². The molecule has 0 aromatic heterocycles. The summed E-state index contributed by atoms with van der Waals surface area (Å²) in [6.45, 7) is 4.24. The summed E-state index contributed by atoms with van der Waals surface area (Å²) in [5, 5.41) is 10.0. The molecule has 2 amide bonds. The first-order valence-electron chi connectivity index (χ1n) is 9.93. The fraction of sp³-hybridized carbons (Fsp3) is 0.391. The molecule has 0 N–H and O–H groups in total. The first-order chi connectivity index (χ1) is 13.9. The largest absolute Gasteiger partial charge is 0.325 e. The monoisotopic (exact) mass is 427 g/mol. The van der Waals surface area contributed by atoms with Crippen LogP contribution in [0.15, 0.2) is 48.5 Å². The Balaban J connectivity index is 1.89. The lowest BCUT2D eigenvalue weighted by Gasteiger charge is -2.47. The van der Waals surface area contributed by atoms with Crippen molar-refractivity contribution in [1.29, 1.82) is 5.26 Å². The first kappa shape index (κ1) is 20.1. The van der Waals surface area contributed by atoms with Crippen molar-refractivity contribution < 1.29 is 4.79 Å². The van der Waals surface area contributed by atoms with Gasteiger partial charge in [-0.15, -0.1) is 11.6 Å². The third kappa shape index (κ3) is 3.17. The number of rotatable bonds is 4. The molecule has 2 aromatic rings. The molecule has 1 unspecified atom stereocenters. The van der Waals surface area contributed by atoms with E-state index < -0.39 is 5.54 Å². The number of carbonyl (C=O) groups is 1. The molecular weight excluding hydrogens is 405 g/mol. The van der Waals surface area contributed by atoms with Crippen LogP contribution in [0.4, 0.5) is 10.5 Å². The van der Waals surface area contributed by atoms with Gasteiger partial charge in [0.15, 0.2) is 0 Å².